The zero-order valence-electron chi connectivity index (χ0n) is 15.1. The highest BCUT2D eigenvalue weighted by Gasteiger charge is 2.16. The van der Waals surface area contributed by atoms with Crippen LogP contribution >= 0.6 is 11.3 Å². The van der Waals surface area contributed by atoms with Gasteiger partial charge in [0.25, 0.3) is 0 Å². The normalized spacial score (nSPS) is 16.7. The van der Waals surface area contributed by atoms with Gasteiger partial charge in [-0.3, -0.25) is 9.80 Å². The zero-order chi connectivity index (χ0) is 18.0. The summed E-state index contributed by atoms with van der Waals surface area (Å²) in [5.74, 6) is 0.796. The van der Waals surface area contributed by atoms with E-state index >= 15 is 0 Å². The largest absolute Gasteiger partial charge is 0.491 e. The van der Waals surface area contributed by atoms with E-state index in [-0.39, 0.29) is 0 Å². The van der Waals surface area contributed by atoms with Crippen LogP contribution < -0.4 is 4.74 Å². The van der Waals surface area contributed by atoms with Gasteiger partial charge in [0.05, 0.1) is 13.2 Å². The Labute approximate surface area is 159 Å². The lowest BCUT2D eigenvalue weighted by Crippen LogP contribution is -2.43. The predicted molar refractivity (Wildman–Crippen MR) is 105 cm³/mol. The first-order valence-electron chi connectivity index (χ1n) is 9.20. The maximum Gasteiger partial charge on any atom is 0.119 e. The Morgan fingerprint density at radius 3 is 2.69 bits per heavy atom. The fourth-order valence-corrected chi connectivity index (χ4v) is 3.77. The van der Waals surface area contributed by atoms with Crippen LogP contribution in [0.1, 0.15) is 4.88 Å². The Hall–Kier alpha value is -1.44. The van der Waals surface area contributed by atoms with E-state index in [0.29, 0.717) is 13.2 Å². The second kappa shape index (κ2) is 10.6. The van der Waals surface area contributed by atoms with Crippen LogP contribution in [0.5, 0.6) is 5.75 Å². The summed E-state index contributed by atoms with van der Waals surface area (Å²) in [5, 5.41) is 12.6. The van der Waals surface area contributed by atoms with Crippen molar-refractivity contribution in [3.05, 3.63) is 52.7 Å². The van der Waals surface area contributed by atoms with Crippen molar-refractivity contribution >= 4 is 11.3 Å². The van der Waals surface area contributed by atoms with E-state index in [0.717, 1.165) is 51.7 Å². The van der Waals surface area contributed by atoms with Gasteiger partial charge in [-0.2, -0.15) is 0 Å². The van der Waals surface area contributed by atoms with Crippen molar-refractivity contribution in [1.82, 2.24) is 9.80 Å². The third-order valence-corrected chi connectivity index (χ3v) is 5.31. The molecule has 142 valence electrons. The number of hydrogen-bond acceptors (Lipinski definition) is 6. The molecule has 1 aromatic carbocycles. The van der Waals surface area contributed by atoms with Gasteiger partial charge in [0.15, 0.2) is 0 Å². The van der Waals surface area contributed by atoms with Crippen LogP contribution in [-0.4, -0.2) is 73.6 Å². The molecule has 0 aliphatic carbocycles. The van der Waals surface area contributed by atoms with Crippen molar-refractivity contribution in [1.29, 1.82) is 0 Å². The second-order valence-corrected chi connectivity index (χ2v) is 7.58. The third kappa shape index (κ3) is 6.70. The number of hydrogen-bond donors (Lipinski definition) is 1. The van der Waals surface area contributed by atoms with Crippen LogP contribution in [0, 0.1) is 0 Å². The van der Waals surface area contributed by atoms with Gasteiger partial charge < -0.3 is 14.6 Å². The number of ether oxygens (including phenoxy) is 2. The average molecular weight is 377 g/mol. The van der Waals surface area contributed by atoms with Crippen molar-refractivity contribution in [2.75, 3.05) is 52.5 Å². The van der Waals surface area contributed by atoms with Gasteiger partial charge in [0.2, 0.25) is 0 Å². The van der Waals surface area contributed by atoms with E-state index in [1.807, 2.05) is 30.3 Å². The van der Waals surface area contributed by atoms with E-state index in [2.05, 4.69) is 27.3 Å². The lowest BCUT2D eigenvalue weighted by molar-refractivity contribution is 0.0257. The average Bonchev–Trinajstić information content (AvgIpc) is 3.19. The topological polar surface area (TPSA) is 45.2 Å². The first kappa shape index (κ1) is 19.3. The fraction of sp³-hybridized carbons (Fsp3) is 0.500. The molecule has 26 heavy (non-hydrogen) atoms. The quantitative estimate of drug-likeness (QED) is 0.690. The molecule has 3 rings (SSSR count). The minimum Gasteiger partial charge on any atom is -0.491 e. The molecule has 1 aliphatic heterocycles. The molecule has 0 amide bonds. The van der Waals surface area contributed by atoms with Gasteiger partial charge >= 0.3 is 0 Å². The molecule has 0 spiro atoms. The number of nitrogens with zero attached hydrogens (tertiary/aromatic N) is 2. The Morgan fingerprint density at radius 1 is 1.15 bits per heavy atom. The molecular formula is C20H28N2O3S. The molecule has 5 nitrogen and oxygen atoms in total. The summed E-state index contributed by atoms with van der Waals surface area (Å²) in [7, 11) is 0. The minimum absolute atomic E-state index is 0.308. The lowest BCUT2D eigenvalue weighted by atomic mass is 10.3. The zero-order valence-corrected chi connectivity index (χ0v) is 15.9. The summed E-state index contributed by atoms with van der Waals surface area (Å²) in [5.41, 5.74) is 0. The molecule has 1 aliphatic rings. The molecule has 2 heterocycles. The molecule has 1 fully saturated rings. The van der Waals surface area contributed by atoms with Crippen LogP contribution in [0.25, 0.3) is 0 Å². The SMILES string of the molecule is O[C@H](COc1ccccc1)CN(CCN1CCOCC1)Cc1cccs1. The smallest absolute Gasteiger partial charge is 0.119 e. The molecule has 6 heteroatoms. The van der Waals surface area contributed by atoms with E-state index in [4.69, 9.17) is 9.47 Å². The molecule has 0 unspecified atom stereocenters. The minimum atomic E-state index is -0.514. The van der Waals surface area contributed by atoms with Crippen molar-refractivity contribution in [3.63, 3.8) is 0 Å². The molecule has 0 radical (unpaired) electrons. The van der Waals surface area contributed by atoms with Crippen LogP contribution in [0.4, 0.5) is 0 Å². The number of thiophene rings is 1. The lowest BCUT2D eigenvalue weighted by Gasteiger charge is -2.30. The summed E-state index contributed by atoms with van der Waals surface area (Å²) in [6, 6.07) is 13.9. The Kier molecular flexibility index (Phi) is 7.91. The van der Waals surface area contributed by atoms with Gasteiger partial charge in [0, 0.05) is 44.1 Å². The van der Waals surface area contributed by atoms with Gasteiger partial charge in [0.1, 0.15) is 18.5 Å². The van der Waals surface area contributed by atoms with Crippen molar-refractivity contribution in [2.45, 2.75) is 12.6 Å². The van der Waals surface area contributed by atoms with Crippen LogP contribution in [0.2, 0.25) is 0 Å². The molecule has 1 saturated heterocycles. The van der Waals surface area contributed by atoms with Gasteiger partial charge in [-0.05, 0) is 23.6 Å². The van der Waals surface area contributed by atoms with Gasteiger partial charge in [-0.25, -0.2) is 0 Å². The third-order valence-electron chi connectivity index (χ3n) is 4.45. The highest BCUT2D eigenvalue weighted by Crippen LogP contribution is 2.13. The summed E-state index contributed by atoms with van der Waals surface area (Å²) in [4.78, 5) is 6.07. The first-order chi connectivity index (χ1) is 12.8. The maximum atomic E-state index is 10.4. The summed E-state index contributed by atoms with van der Waals surface area (Å²) >= 11 is 1.76. The van der Waals surface area contributed by atoms with Crippen molar-refractivity contribution in [2.24, 2.45) is 0 Å². The van der Waals surface area contributed by atoms with Crippen molar-refractivity contribution < 1.29 is 14.6 Å². The fourth-order valence-electron chi connectivity index (χ4n) is 3.03. The molecule has 1 atom stereocenters. The van der Waals surface area contributed by atoms with E-state index < -0.39 is 6.10 Å². The van der Waals surface area contributed by atoms with Gasteiger partial charge in [-0.15, -0.1) is 11.3 Å². The number of aliphatic hydroxyl groups is 1. The number of benzene rings is 1. The highest BCUT2D eigenvalue weighted by molar-refractivity contribution is 7.09. The monoisotopic (exact) mass is 376 g/mol. The van der Waals surface area contributed by atoms with E-state index in [1.165, 1.54) is 4.88 Å². The molecule has 2 aromatic rings. The molecular weight excluding hydrogens is 348 g/mol. The highest BCUT2D eigenvalue weighted by atomic mass is 32.1. The summed E-state index contributed by atoms with van der Waals surface area (Å²) in [6.45, 7) is 7.33. The number of para-hydroxylation sites is 1. The van der Waals surface area contributed by atoms with E-state index in [9.17, 15) is 5.11 Å². The standard InChI is InChI=1S/C20H28N2O3S/c23-18(17-25-19-5-2-1-3-6-19)15-22(16-20-7-4-14-26-20)9-8-21-10-12-24-13-11-21/h1-7,14,18,23H,8-13,15-17H2/t18-/m0/s1. The molecule has 0 saturated carbocycles. The Morgan fingerprint density at radius 2 is 1.96 bits per heavy atom. The van der Waals surface area contributed by atoms with Gasteiger partial charge in [-0.1, -0.05) is 24.3 Å². The summed E-state index contributed by atoms with van der Waals surface area (Å²) in [6.07, 6.45) is -0.514. The number of morpholine rings is 1. The van der Waals surface area contributed by atoms with Crippen LogP contribution in [-0.2, 0) is 11.3 Å². The first-order valence-corrected chi connectivity index (χ1v) is 10.1. The van der Waals surface area contributed by atoms with Crippen molar-refractivity contribution in [3.8, 4) is 5.75 Å². The number of rotatable bonds is 10. The molecule has 0 bridgehead atoms. The Balaban J connectivity index is 1.48. The molecule has 1 N–H and O–H groups in total. The number of aliphatic hydroxyl groups excluding tert-OH is 1. The Bertz CT molecular complexity index is 603. The maximum absolute atomic E-state index is 10.4. The van der Waals surface area contributed by atoms with E-state index in [1.54, 1.807) is 11.3 Å². The van der Waals surface area contributed by atoms with Crippen LogP contribution in [0.15, 0.2) is 47.8 Å². The molecule has 1 aromatic heterocycles. The second-order valence-electron chi connectivity index (χ2n) is 6.55. The predicted octanol–water partition coefficient (Wildman–Crippen LogP) is 2.32. The summed E-state index contributed by atoms with van der Waals surface area (Å²) < 4.78 is 11.1. The van der Waals surface area contributed by atoms with Crippen LogP contribution in [0.3, 0.4) is 0 Å².